The molecule has 8 heteroatoms. The fourth-order valence-electron chi connectivity index (χ4n) is 1.46. The first-order chi connectivity index (χ1) is 10.2. The molecule has 0 bridgehead atoms. The molecule has 5 nitrogen and oxygen atoms in total. The van der Waals surface area contributed by atoms with E-state index in [9.17, 15) is 4.79 Å². The van der Waals surface area contributed by atoms with Gasteiger partial charge >= 0.3 is 0 Å². The third-order valence-electron chi connectivity index (χ3n) is 2.29. The van der Waals surface area contributed by atoms with Gasteiger partial charge in [-0.3, -0.25) is 4.79 Å². The van der Waals surface area contributed by atoms with Gasteiger partial charge in [0.15, 0.2) is 4.34 Å². The van der Waals surface area contributed by atoms with Crippen molar-refractivity contribution in [3.05, 3.63) is 29.3 Å². The lowest BCUT2D eigenvalue weighted by atomic mass is 10.3. The third kappa shape index (κ3) is 5.04. The van der Waals surface area contributed by atoms with E-state index in [-0.39, 0.29) is 11.7 Å². The second-order valence-electron chi connectivity index (χ2n) is 3.87. The summed E-state index contributed by atoms with van der Waals surface area (Å²) in [4.78, 5) is 12.9. The van der Waals surface area contributed by atoms with Gasteiger partial charge in [0.25, 0.3) is 0 Å². The van der Waals surface area contributed by atoms with Crippen molar-refractivity contribution in [2.45, 2.75) is 16.2 Å². The van der Waals surface area contributed by atoms with Gasteiger partial charge in [0, 0.05) is 4.90 Å². The van der Waals surface area contributed by atoms with Crippen molar-refractivity contribution in [2.24, 2.45) is 0 Å². The minimum Gasteiger partial charge on any atom is -0.324 e. The highest BCUT2D eigenvalue weighted by molar-refractivity contribution is 8.01. The molecule has 0 saturated heterocycles. The molecular formula is C13H12N4OS3. The monoisotopic (exact) mass is 336 g/mol. The maximum Gasteiger partial charge on any atom is 0.234 e. The second-order valence-corrected chi connectivity index (χ2v) is 7.29. The fraction of sp³-hybridized carbons (Fsp3) is 0.231. The zero-order valence-corrected chi connectivity index (χ0v) is 13.6. The van der Waals surface area contributed by atoms with Gasteiger partial charge in [0.1, 0.15) is 5.01 Å². The highest BCUT2D eigenvalue weighted by Gasteiger charge is 2.09. The molecule has 1 aromatic carbocycles. The number of benzene rings is 1. The van der Waals surface area contributed by atoms with E-state index in [0.29, 0.717) is 5.75 Å². The Bertz CT molecular complexity index is 665. The van der Waals surface area contributed by atoms with Crippen molar-refractivity contribution in [1.82, 2.24) is 10.2 Å². The number of hydrogen-bond donors (Lipinski definition) is 1. The summed E-state index contributed by atoms with van der Waals surface area (Å²) in [6.45, 7) is 1.88. The molecule has 0 aliphatic heterocycles. The molecule has 2 aromatic rings. The third-order valence-corrected chi connectivity index (χ3v) is 5.20. The Kier molecular flexibility index (Phi) is 6.04. The lowest BCUT2D eigenvalue weighted by molar-refractivity contribution is -0.113. The normalized spacial score (nSPS) is 10.1. The lowest BCUT2D eigenvalue weighted by Gasteiger charge is -2.08. The summed E-state index contributed by atoms with van der Waals surface area (Å²) in [7, 11) is 0. The number of aromatic nitrogens is 2. The van der Waals surface area contributed by atoms with E-state index < -0.39 is 0 Å². The van der Waals surface area contributed by atoms with Crippen molar-refractivity contribution < 1.29 is 4.79 Å². The van der Waals surface area contributed by atoms with Crippen LogP contribution in [0.2, 0.25) is 0 Å². The van der Waals surface area contributed by atoms with Crippen LogP contribution in [0.3, 0.4) is 0 Å². The number of aryl methyl sites for hydroxylation is 1. The van der Waals surface area contributed by atoms with Gasteiger partial charge in [0.2, 0.25) is 5.91 Å². The van der Waals surface area contributed by atoms with Crippen LogP contribution in [0.5, 0.6) is 0 Å². The SMILES string of the molecule is Cc1nnc(SCC(=O)Nc2ccccc2SCC#N)s1. The van der Waals surface area contributed by atoms with Crippen molar-refractivity contribution in [3.63, 3.8) is 0 Å². The molecule has 1 aromatic heterocycles. The van der Waals surface area contributed by atoms with Crippen LogP contribution in [0.1, 0.15) is 5.01 Å². The fourth-order valence-corrected chi connectivity index (χ4v) is 3.74. The summed E-state index contributed by atoms with van der Waals surface area (Å²) >= 11 is 4.24. The molecule has 0 radical (unpaired) electrons. The van der Waals surface area contributed by atoms with E-state index in [0.717, 1.165) is 19.9 Å². The van der Waals surface area contributed by atoms with E-state index in [1.807, 2.05) is 31.2 Å². The van der Waals surface area contributed by atoms with E-state index in [2.05, 4.69) is 21.6 Å². The average Bonchev–Trinajstić information content (AvgIpc) is 2.90. The van der Waals surface area contributed by atoms with Crippen LogP contribution in [0.15, 0.2) is 33.5 Å². The highest BCUT2D eigenvalue weighted by atomic mass is 32.2. The van der Waals surface area contributed by atoms with Crippen LogP contribution < -0.4 is 5.32 Å². The van der Waals surface area contributed by atoms with Crippen molar-refractivity contribution in [3.8, 4) is 6.07 Å². The Morgan fingerprint density at radius 3 is 2.90 bits per heavy atom. The number of nitriles is 1. The highest BCUT2D eigenvalue weighted by Crippen LogP contribution is 2.27. The smallest absolute Gasteiger partial charge is 0.234 e. The molecule has 21 heavy (non-hydrogen) atoms. The molecule has 1 N–H and O–H groups in total. The Labute approximate surface area is 135 Å². The van der Waals surface area contributed by atoms with E-state index >= 15 is 0 Å². The number of anilines is 1. The van der Waals surface area contributed by atoms with Crippen LogP contribution >= 0.6 is 34.9 Å². The number of hydrogen-bond acceptors (Lipinski definition) is 7. The second kappa shape index (κ2) is 8.02. The Hall–Kier alpha value is -1.56. The van der Waals surface area contributed by atoms with Gasteiger partial charge in [0.05, 0.1) is 23.3 Å². The molecule has 0 aliphatic carbocycles. The Morgan fingerprint density at radius 1 is 1.38 bits per heavy atom. The van der Waals surface area contributed by atoms with Crippen LogP contribution in [0, 0.1) is 18.3 Å². The van der Waals surface area contributed by atoms with Crippen LogP contribution in [-0.2, 0) is 4.79 Å². The first-order valence-corrected chi connectivity index (χ1v) is 8.79. The predicted molar refractivity (Wildman–Crippen MR) is 86.8 cm³/mol. The number of thioether (sulfide) groups is 2. The van der Waals surface area contributed by atoms with E-state index in [4.69, 9.17) is 5.26 Å². The molecule has 0 aliphatic rings. The zero-order valence-electron chi connectivity index (χ0n) is 11.2. The molecule has 108 valence electrons. The van der Waals surface area contributed by atoms with Gasteiger partial charge in [-0.25, -0.2) is 0 Å². The van der Waals surface area contributed by atoms with Gasteiger partial charge in [-0.15, -0.1) is 22.0 Å². The van der Waals surface area contributed by atoms with Crippen LogP contribution in [0.25, 0.3) is 0 Å². The van der Waals surface area contributed by atoms with Gasteiger partial charge < -0.3 is 5.32 Å². The van der Waals surface area contributed by atoms with Gasteiger partial charge in [-0.05, 0) is 19.1 Å². The summed E-state index contributed by atoms with van der Waals surface area (Å²) < 4.78 is 0.787. The number of rotatable bonds is 6. The van der Waals surface area contributed by atoms with Gasteiger partial charge in [-0.1, -0.05) is 35.2 Å². The molecule has 0 saturated carbocycles. The minimum absolute atomic E-state index is 0.0992. The summed E-state index contributed by atoms with van der Waals surface area (Å²) in [5, 5.41) is 20.3. The topological polar surface area (TPSA) is 78.7 Å². The zero-order chi connectivity index (χ0) is 15.1. The predicted octanol–water partition coefficient (Wildman–Crippen LogP) is 3.19. The number of nitrogens with zero attached hydrogens (tertiary/aromatic N) is 3. The summed E-state index contributed by atoms with van der Waals surface area (Å²) in [6, 6.07) is 9.53. The minimum atomic E-state index is -0.0992. The molecule has 0 unspecified atom stereocenters. The summed E-state index contributed by atoms with van der Waals surface area (Å²) in [6.07, 6.45) is 0. The number of para-hydroxylation sites is 1. The first-order valence-electron chi connectivity index (χ1n) is 6.00. The molecule has 1 heterocycles. The molecule has 0 spiro atoms. The quantitative estimate of drug-likeness (QED) is 0.816. The molecule has 1 amide bonds. The van der Waals surface area contributed by atoms with Gasteiger partial charge in [-0.2, -0.15) is 5.26 Å². The van der Waals surface area contributed by atoms with Crippen molar-refractivity contribution >= 4 is 46.5 Å². The number of carbonyl (C=O) groups excluding carboxylic acids is 1. The Morgan fingerprint density at radius 2 is 2.19 bits per heavy atom. The summed E-state index contributed by atoms with van der Waals surface area (Å²) in [5.74, 6) is 0.537. The van der Waals surface area contributed by atoms with E-state index in [1.54, 1.807) is 0 Å². The maximum absolute atomic E-state index is 12.0. The average molecular weight is 336 g/mol. The number of amides is 1. The number of carbonyl (C=O) groups is 1. The molecule has 0 fully saturated rings. The summed E-state index contributed by atoms with van der Waals surface area (Å²) in [5.41, 5.74) is 0.733. The van der Waals surface area contributed by atoms with Crippen LogP contribution in [0.4, 0.5) is 5.69 Å². The van der Waals surface area contributed by atoms with Crippen molar-refractivity contribution in [2.75, 3.05) is 16.8 Å². The molecular weight excluding hydrogens is 324 g/mol. The van der Waals surface area contributed by atoms with Crippen LogP contribution in [-0.4, -0.2) is 27.6 Å². The Balaban J connectivity index is 1.91. The van der Waals surface area contributed by atoms with E-state index in [1.165, 1.54) is 34.9 Å². The molecule has 2 rings (SSSR count). The molecule has 0 atom stereocenters. The largest absolute Gasteiger partial charge is 0.324 e. The first kappa shape index (κ1) is 15.8. The van der Waals surface area contributed by atoms with Crippen molar-refractivity contribution in [1.29, 1.82) is 5.26 Å². The maximum atomic E-state index is 12.0. The lowest BCUT2D eigenvalue weighted by Crippen LogP contribution is -2.14. The standard InChI is InChI=1S/C13H12N4OS3/c1-9-16-17-13(21-9)20-8-12(18)15-10-4-2-3-5-11(10)19-7-6-14/h2-5H,7-8H2,1H3,(H,15,18). The number of nitrogens with one attached hydrogen (secondary N) is 1.